The Bertz CT molecular complexity index is 825. The van der Waals surface area contributed by atoms with Gasteiger partial charge in [0.15, 0.2) is 5.65 Å². The van der Waals surface area contributed by atoms with Gasteiger partial charge in [-0.3, -0.25) is 14.6 Å². The molecule has 0 spiro atoms. The number of aromatic nitrogens is 3. The first kappa shape index (κ1) is 16.6. The van der Waals surface area contributed by atoms with E-state index in [2.05, 4.69) is 27.1 Å². The zero-order valence-electron chi connectivity index (χ0n) is 13.1. The molecule has 8 heteroatoms. The number of nitrogens with two attached hydrogens (primary N) is 1. The van der Waals surface area contributed by atoms with E-state index >= 15 is 0 Å². The van der Waals surface area contributed by atoms with Crippen LogP contribution in [0.1, 0.15) is 18.9 Å². The summed E-state index contributed by atoms with van der Waals surface area (Å²) < 4.78 is 6.80. The summed E-state index contributed by atoms with van der Waals surface area (Å²) in [4.78, 5) is 30.0. The number of rotatable bonds is 5. The highest BCUT2D eigenvalue weighted by Crippen LogP contribution is 2.13. The van der Waals surface area contributed by atoms with Crippen molar-refractivity contribution in [3.63, 3.8) is 0 Å². The number of hydrogen-bond acceptors (Lipinski definition) is 5. The quantitative estimate of drug-likeness (QED) is 0.519. The number of ether oxygens (including phenoxy) is 1. The lowest BCUT2D eigenvalue weighted by molar-refractivity contribution is -0.125. The Kier molecular flexibility index (Phi) is 5.38. The molecule has 0 aliphatic heterocycles. The Morgan fingerprint density at radius 1 is 1.57 bits per heavy atom. The van der Waals surface area contributed by atoms with E-state index in [1.54, 1.807) is 17.8 Å². The lowest BCUT2D eigenvalue weighted by atomic mass is 10.2. The van der Waals surface area contributed by atoms with Crippen molar-refractivity contribution in [1.82, 2.24) is 19.9 Å². The Balaban J connectivity index is 2.06. The summed E-state index contributed by atoms with van der Waals surface area (Å²) in [6, 6.07) is 0. The molecule has 2 rings (SSSR count). The van der Waals surface area contributed by atoms with Crippen LogP contribution in [0.2, 0.25) is 0 Å². The number of fused-ring (bicyclic) bond motifs is 1. The predicted octanol–water partition coefficient (Wildman–Crippen LogP) is -0.262. The van der Waals surface area contributed by atoms with E-state index < -0.39 is 0 Å². The minimum atomic E-state index is -0.339. The van der Waals surface area contributed by atoms with Crippen LogP contribution in [-0.2, 0) is 16.6 Å². The summed E-state index contributed by atoms with van der Waals surface area (Å²) in [7, 11) is 1.76. The van der Waals surface area contributed by atoms with Gasteiger partial charge in [-0.05, 0) is 6.42 Å². The van der Waals surface area contributed by atoms with Gasteiger partial charge in [-0.1, -0.05) is 18.8 Å². The summed E-state index contributed by atoms with van der Waals surface area (Å²) in [5, 5.41) is 3.01. The maximum atomic E-state index is 12.0. The lowest BCUT2D eigenvalue weighted by Gasteiger charge is -2.01. The number of nitrogen functional groups attached to an aromatic ring is 1. The van der Waals surface area contributed by atoms with Crippen LogP contribution in [0.25, 0.3) is 11.0 Å². The monoisotopic (exact) mass is 317 g/mol. The number of H-pyrrole nitrogens is 1. The molecule has 0 radical (unpaired) electrons. The van der Waals surface area contributed by atoms with E-state index in [0.29, 0.717) is 23.2 Å². The van der Waals surface area contributed by atoms with E-state index in [1.165, 1.54) is 0 Å². The number of amides is 1. The molecule has 0 unspecified atom stereocenters. The Morgan fingerprint density at radius 2 is 2.35 bits per heavy atom. The standard InChI is InChI=1S/C15H19N5O3/c1-3-7-23-9-11(21)17-6-4-5-10-8-20(2)13-12(10)14(22)19-15(16)18-13/h8H,3,6-7,9H2,1-2H3,(H,17,21)(H3,16,18,19,22). The highest BCUT2D eigenvalue weighted by atomic mass is 16.5. The zero-order chi connectivity index (χ0) is 16.8. The molecule has 0 aromatic carbocycles. The molecule has 8 nitrogen and oxygen atoms in total. The van der Waals surface area contributed by atoms with Gasteiger partial charge >= 0.3 is 0 Å². The maximum Gasteiger partial charge on any atom is 0.263 e. The third kappa shape index (κ3) is 4.11. The molecule has 0 aliphatic rings. The summed E-state index contributed by atoms with van der Waals surface area (Å²) in [5.41, 5.74) is 6.19. The molecule has 122 valence electrons. The molecule has 0 atom stereocenters. The van der Waals surface area contributed by atoms with Crippen molar-refractivity contribution in [2.45, 2.75) is 13.3 Å². The van der Waals surface area contributed by atoms with Crippen LogP contribution in [0.15, 0.2) is 11.0 Å². The normalized spacial score (nSPS) is 10.3. The van der Waals surface area contributed by atoms with Gasteiger partial charge in [0.05, 0.1) is 17.5 Å². The van der Waals surface area contributed by atoms with E-state index in [9.17, 15) is 9.59 Å². The van der Waals surface area contributed by atoms with Crippen molar-refractivity contribution in [2.75, 3.05) is 25.5 Å². The molecule has 1 amide bonds. The van der Waals surface area contributed by atoms with Crippen LogP contribution < -0.4 is 16.6 Å². The molecule has 2 heterocycles. The van der Waals surface area contributed by atoms with Crippen molar-refractivity contribution >= 4 is 22.9 Å². The minimum absolute atomic E-state index is 0.0205. The summed E-state index contributed by atoms with van der Waals surface area (Å²) in [6.45, 7) is 2.71. The smallest absolute Gasteiger partial charge is 0.263 e. The number of nitrogens with one attached hydrogen (secondary N) is 2. The third-order valence-corrected chi connectivity index (χ3v) is 3.02. The van der Waals surface area contributed by atoms with Crippen LogP contribution in [0.5, 0.6) is 0 Å². The zero-order valence-corrected chi connectivity index (χ0v) is 13.1. The van der Waals surface area contributed by atoms with E-state index in [1.807, 2.05) is 6.92 Å². The molecule has 0 saturated carbocycles. The van der Waals surface area contributed by atoms with Crippen molar-refractivity contribution in [1.29, 1.82) is 0 Å². The van der Waals surface area contributed by atoms with Gasteiger partial charge in [0.25, 0.3) is 5.56 Å². The largest absolute Gasteiger partial charge is 0.372 e. The van der Waals surface area contributed by atoms with Gasteiger partial charge < -0.3 is 20.4 Å². The first-order chi connectivity index (χ1) is 11.0. The number of hydrogen-bond donors (Lipinski definition) is 3. The van der Waals surface area contributed by atoms with Crippen molar-refractivity contribution in [2.24, 2.45) is 7.05 Å². The fourth-order valence-corrected chi connectivity index (χ4v) is 2.03. The van der Waals surface area contributed by atoms with Crippen molar-refractivity contribution in [3.05, 3.63) is 22.1 Å². The number of carbonyl (C=O) groups is 1. The van der Waals surface area contributed by atoms with Crippen LogP contribution >= 0.6 is 0 Å². The molecule has 0 aliphatic carbocycles. The second-order valence-corrected chi connectivity index (χ2v) is 4.93. The average molecular weight is 317 g/mol. The number of aryl methyl sites for hydroxylation is 1. The van der Waals surface area contributed by atoms with Gasteiger partial charge in [-0.2, -0.15) is 4.98 Å². The van der Waals surface area contributed by atoms with Gasteiger partial charge in [0.2, 0.25) is 11.9 Å². The van der Waals surface area contributed by atoms with Crippen LogP contribution in [0.3, 0.4) is 0 Å². The van der Waals surface area contributed by atoms with Crippen LogP contribution in [-0.4, -0.2) is 40.2 Å². The first-order valence-corrected chi connectivity index (χ1v) is 7.21. The second-order valence-electron chi connectivity index (χ2n) is 4.93. The van der Waals surface area contributed by atoms with E-state index in [0.717, 1.165) is 6.42 Å². The van der Waals surface area contributed by atoms with E-state index in [-0.39, 0.29) is 30.6 Å². The van der Waals surface area contributed by atoms with Crippen molar-refractivity contribution < 1.29 is 9.53 Å². The summed E-state index contributed by atoms with van der Waals surface area (Å²) in [6.07, 6.45) is 2.56. The third-order valence-electron chi connectivity index (χ3n) is 3.02. The fourth-order valence-electron chi connectivity index (χ4n) is 2.03. The number of nitrogens with zero attached hydrogens (tertiary/aromatic N) is 2. The molecule has 2 aromatic heterocycles. The lowest BCUT2D eigenvalue weighted by Crippen LogP contribution is -2.27. The van der Waals surface area contributed by atoms with Gasteiger partial charge in [-0.25, -0.2) is 0 Å². The molecule has 2 aromatic rings. The molecule has 0 bridgehead atoms. The summed E-state index contributed by atoms with van der Waals surface area (Å²) >= 11 is 0. The molecule has 4 N–H and O–H groups in total. The van der Waals surface area contributed by atoms with Gasteiger partial charge in [0, 0.05) is 19.9 Å². The average Bonchev–Trinajstić information content (AvgIpc) is 2.80. The van der Waals surface area contributed by atoms with E-state index in [4.69, 9.17) is 10.5 Å². The number of aromatic amines is 1. The highest BCUT2D eigenvalue weighted by Gasteiger charge is 2.10. The minimum Gasteiger partial charge on any atom is -0.372 e. The van der Waals surface area contributed by atoms with Crippen molar-refractivity contribution in [3.8, 4) is 11.8 Å². The Morgan fingerprint density at radius 3 is 3.09 bits per heavy atom. The van der Waals surface area contributed by atoms with Crippen LogP contribution in [0.4, 0.5) is 5.95 Å². The number of anilines is 1. The van der Waals surface area contributed by atoms with Gasteiger partial charge in [-0.15, -0.1) is 0 Å². The molecule has 23 heavy (non-hydrogen) atoms. The van der Waals surface area contributed by atoms with Crippen LogP contribution in [0, 0.1) is 11.8 Å². The Hall–Kier alpha value is -2.79. The number of carbonyl (C=O) groups excluding carboxylic acids is 1. The fraction of sp³-hybridized carbons (Fsp3) is 0.400. The molecular formula is C15H19N5O3. The first-order valence-electron chi connectivity index (χ1n) is 7.21. The highest BCUT2D eigenvalue weighted by molar-refractivity contribution is 5.83. The Labute approximate surface area is 133 Å². The molecule has 0 fully saturated rings. The summed E-state index contributed by atoms with van der Waals surface area (Å²) in [5.74, 6) is 5.51. The topological polar surface area (TPSA) is 115 Å². The maximum absolute atomic E-state index is 12.0. The SMILES string of the molecule is CCCOCC(=O)NCC#Cc1cn(C)c2nc(N)[nH]c(=O)c12. The molecule has 0 saturated heterocycles. The predicted molar refractivity (Wildman–Crippen MR) is 86.7 cm³/mol. The molecular weight excluding hydrogens is 298 g/mol. The van der Waals surface area contributed by atoms with Gasteiger partial charge in [0.1, 0.15) is 6.61 Å². The second kappa shape index (κ2) is 7.47.